The first-order valence-electron chi connectivity index (χ1n) is 4.14. The average molecular weight is 211 g/mol. The number of esters is 1. The van der Waals surface area contributed by atoms with Crippen molar-refractivity contribution >= 4 is 11.7 Å². The van der Waals surface area contributed by atoms with Crippen LogP contribution in [-0.4, -0.2) is 22.3 Å². The van der Waals surface area contributed by atoms with Crippen LogP contribution in [0.15, 0.2) is 24.3 Å². The van der Waals surface area contributed by atoms with E-state index >= 15 is 0 Å². The van der Waals surface area contributed by atoms with Crippen molar-refractivity contribution in [2.45, 2.75) is 13.2 Å². The summed E-state index contributed by atoms with van der Waals surface area (Å²) < 4.78 is 4.48. The molecule has 15 heavy (non-hydrogen) atoms. The molecule has 1 N–H and O–H groups in total. The topological polar surface area (TPSA) is 89.7 Å². The maximum absolute atomic E-state index is 11.2. The van der Waals surface area contributed by atoms with Crippen LogP contribution in [-0.2, 0) is 4.74 Å². The number of nitrogens with zero attached hydrogens (tertiary/aromatic N) is 1. The summed E-state index contributed by atoms with van der Waals surface area (Å²) in [5.41, 5.74) is 0.0464. The summed E-state index contributed by atoms with van der Waals surface area (Å²) in [5.74, 6) is -0.722. The number of benzene rings is 1. The Kier molecular flexibility index (Phi) is 3.35. The van der Waals surface area contributed by atoms with E-state index in [0.29, 0.717) is 0 Å². The van der Waals surface area contributed by atoms with Gasteiger partial charge in [-0.05, 0) is 19.1 Å². The number of nitro benzene ring substituents is 1. The van der Waals surface area contributed by atoms with E-state index in [9.17, 15) is 14.9 Å². The van der Waals surface area contributed by atoms with Crippen LogP contribution >= 0.6 is 0 Å². The molecule has 0 fully saturated rings. The van der Waals surface area contributed by atoms with Crippen molar-refractivity contribution in [3.05, 3.63) is 39.9 Å². The molecule has 1 aromatic carbocycles. The van der Waals surface area contributed by atoms with Crippen LogP contribution in [0.5, 0.6) is 0 Å². The van der Waals surface area contributed by atoms with Gasteiger partial charge in [0.15, 0.2) is 6.29 Å². The highest BCUT2D eigenvalue weighted by molar-refractivity contribution is 5.89. The van der Waals surface area contributed by atoms with Gasteiger partial charge in [-0.3, -0.25) is 10.1 Å². The van der Waals surface area contributed by atoms with Gasteiger partial charge in [-0.25, -0.2) is 4.79 Å². The molecule has 0 aromatic heterocycles. The second kappa shape index (κ2) is 4.52. The van der Waals surface area contributed by atoms with Gasteiger partial charge < -0.3 is 9.84 Å². The second-order valence-corrected chi connectivity index (χ2v) is 2.81. The van der Waals surface area contributed by atoms with Crippen LogP contribution in [0.1, 0.15) is 17.3 Å². The number of carbonyl (C=O) groups is 1. The van der Waals surface area contributed by atoms with Gasteiger partial charge in [0.1, 0.15) is 0 Å². The highest BCUT2D eigenvalue weighted by atomic mass is 16.6. The van der Waals surface area contributed by atoms with Crippen molar-refractivity contribution in [3.63, 3.8) is 0 Å². The summed E-state index contributed by atoms with van der Waals surface area (Å²) in [4.78, 5) is 20.9. The zero-order valence-corrected chi connectivity index (χ0v) is 7.91. The van der Waals surface area contributed by atoms with E-state index in [1.807, 2.05) is 0 Å². The third-order valence-electron chi connectivity index (χ3n) is 1.59. The largest absolute Gasteiger partial charge is 0.433 e. The van der Waals surface area contributed by atoms with Gasteiger partial charge in [0, 0.05) is 12.1 Å². The predicted octanol–water partition coefficient (Wildman–Crippen LogP) is 1.09. The fraction of sp³-hybridized carbons (Fsp3) is 0.222. The van der Waals surface area contributed by atoms with E-state index in [1.54, 1.807) is 0 Å². The Morgan fingerprint density at radius 1 is 1.47 bits per heavy atom. The van der Waals surface area contributed by atoms with Crippen LogP contribution in [0.2, 0.25) is 0 Å². The van der Waals surface area contributed by atoms with Crippen molar-refractivity contribution in [2.75, 3.05) is 0 Å². The minimum atomic E-state index is -1.20. The van der Waals surface area contributed by atoms with E-state index in [1.165, 1.54) is 31.2 Å². The number of aliphatic hydroxyl groups excluding tert-OH is 1. The van der Waals surface area contributed by atoms with Gasteiger partial charge in [-0.2, -0.15) is 0 Å². The van der Waals surface area contributed by atoms with Gasteiger partial charge in [0.25, 0.3) is 5.69 Å². The highest BCUT2D eigenvalue weighted by Crippen LogP contribution is 2.12. The summed E-state index contributed by atoms with van der Waals surface area (Å²) in [6.45, 7) is 1.29. The van der Waals surface area contributed by atoms with E-state index in [4.69, 9.17) is 5.11 Å². The molecule has 0 heterocycles. The highest BCUT2D eigenvalue weighted by Gasteiger charge is 2.11. The van der Waals surface area contributed by atoms with Crippen molar-refractivity contribution in [1.82, 2.24) is 0 Å². The lowest BCUT2D eigenvalue weighted by Gasteiger charge is -2.05. The van der Waals surface area contributed by atoms with Crippen LogP contribution in [0.25, 0.3) is 0 Å². The molecule has 1 rings (SSSR count). The lowest BCUT2D eigenvalue weighted by Crippen LogP contribution is -2.13. The van der Waals surface area contributed by atoms with E-state index in [0.717, 1.165) is 0 Å². The molecule has 1 unspecified atom stereocenters. The molecule has 0 amide bonds. The first-order valence-corrected chi connectivity index (χ1v) is 4.14. The van der Waals surface area contributed by atoms with Crippen molar-refractivity contribution in [3.8, 4) is 0 Å². The van der Waals surface area contributed by atoms with Gasteiger partial charge in [0.05, 0.1) is 10.5 Å². The van der Waals surface area contributed by atoms with Gasteiger partial charge in [0.2, 0.25) is 0 Å². The summed E-state index contributed by atoms with van der Waals surface area (Å²) in [6, 6.07) is 4.92. The fourth-order valence-corrected chi connectivity index (χ4v) is 0.942. The maximum atomic E-state index is 11.2. The second-order valence-electron chi connectivity index (χ2n) is 2.81. The SMILES string of the molecule is CC(O)OC(=O)c1ccc([N+](=O)[O-])cc1. The first kappa shape index (κ1) is 11.1. The number of ether oxygens (including phenoxy) is 1. The Bertz CT molecular complexity index is 371. The molecule has 0 saturated heterocycles. The Hall–Kier alpha value is -1.95. The number of aliphatic hydroxyl groups is 1. The fourth-order valence-electron chi connectivity index (χ4n) is 0.942. The van der Waals surface area contributed by atoms with Crippen molar-refractivity contribution in [2.24, 2.45) is 0 Å². The van der Waals surface area contributed by atoms with Crippen LogP contribution in [0.3, 0.4) is 0 Å². The summed E-state index contributed by atoms with van der Waals surface area (Å²) in [7, 11) is 0. The normalized spacial score (nSPS) is 11.9. The summed E-state index contributed by atoms with van der Waals surface area (Å²) in [6.07, 6.45) is -1.20. The number of hydrogen-bond acceptors (Lipinski definition) is 5. The monoisotopic (exact) mass is 211 g/mol. The van der Waals surface area contributed by atoms with E-state index in [-0.39, 0.29) is 11.3 Å². The standard InChI is InChI=1S/C9H9NO5/c1-6(11)15-9(12)7-2-4-8(5-3-7)10(13)14/h2-6,11H,1H3. The third kappa shape index (κ3) is 3.03. The van der Waals surface area contributed by atoms with E-state index in [2.05, 4.69) is 4.74 Å². The molecule has 0 radical (unpaired) electrons. The minimum absolute atomic E-state index is 0.108. The molecular formula is C9H9NO5. The molecule has 0 spiro atoms. The van der Waals surface area contributed by atoms with Crippen LogP contribution in [0.4, 0.5) is 5.69 Å². The third-order valence-corrected chi connectivity index (χ3v) is 1.59. The predicted molar refractivity (Wildman–Crippen MR) is 50.2 cm³/mol. The minimum Gasteiger partial charge on any atom is -0.433 e. The molecule has 1 atom stereocenters. The average Bonchev–Trinajstić information content (AvgIpc) is 2.17. The molecule has 6 nitrogen and oxygen atoms in total. The van der Waals surface area contributed by atoms with Gasteiger partial charge in [-0.15, -0.1) is 0 Å². The molecule has 1 aromatic rings. The van der Waals surface area contributed by atoms with Gasteiger partial charge in [-0.1, -0.05) is 0 Å². The Labute approximate surface area is 85.2 Å². The molecule has 0 aliphatic rings. The summed E-state index contributed by atoms with van der Waals surface area (Å²) >= 11 is 0. The Morgan fingerprint density at radius 3 is 2.40 bits per heavy atom. The van der Waals surface area contributed by atoms with Crippen molar-refractivity contribution in [1.29, 1.82) is 0 Å². The number of rotatable bonds is 3. The number of carbonyl (C=O) groups excluding carboxylic acids is 1. The van der Waals surface area contributed by atoms with Gasteiger partial charge >= 0.3 is 5.97 Å². The van der Waals surface area contributed by atoms with Crippen LogP contribution < -0.4 is 0 Å². The maximum Gasteiger partial charge on any atom is 0.340 e. The molecule has 0 aliphatic carbocycles. The zero-order valence-electron chi connectivity index (χ0n) is 7.91. The Morgan fingerprint density at radius 2 is 2.00 bits per heavy atom. The van der Waals surface area contributed by atoms with E-state index < -0.39 is 17.2 Å². The van der Waals surface area contributed by atoms with Crippen molar-refractivity contribution < 1.29 is 19.6 Å². The first-order chi connectivity index (χ1) is 7.00. The number of nitro groups is 1. The molecule has 80 valence electrons. The lowest BCUT2D eigenvalue weighted by atomic mass is 10.2. The number of hydrogen-bond donors (Lipinski definition) is 1. The molecule has 6 heteroatoms. The molecule has 0 bridgehead atoms. The zero-order chi connectivity index (χ0) is 11.4. The Balaban J connectivity index is 2.80. The summed E-state index contributed by atoms with van der Waals surface area (Å²) in [5, 5.41) is 19.1. The number of non-ortho nitro benzene ring substituents is 1. The smallest absolute Gasteiger partial charge is 0.340 e. The quantitative estimate of drug-likeness (QED) is 0.350. The van der Waals surface area contributed by atoms with Crippen LogP contribution in [0, 0.1) is 10.1 Å². The lowest BCUT2D eigenvalue weighted by molar-refractivity contribution is -0.384. The molecule has 0 saturated carbocycles. The molecular weight excluding hydrogens is 202 g/mol. The molecule has 0 aliphatic heterocycles.